The highest BCUT2D eigenvalue weighted by molar-refractivity contribution is 5.96. The Morgan fingerprint density at radius 2 is 1.02 bits per heavy atom. The number of aryl methyl sites for hydroxylation is 2. The number of aromatic nitrogens is 3. The summed E-state index contributed by atoms with van der Waals surface area (Å²) in [5.41, 5.74) is 5.37. The molecule has 1 aromatic heterocycles. The fourth-order valence-corrected chi connectivity index (χ4v) is 3.81. The summed E-state index contributed by atoms with van der Waals surface area (Å²) in [7, 11) is 0. The van der Waals surface area contributed by atoms with Gasteiger partial charge in [-0.15, -0.1) is 0 Å². The lowest BCUT2D eigenvalue weighted by Crippen LogP contribution is -2.32. The van der Waals surface area contributed by atoms with Crippen molar-refractivity contribution >= 4 is 52.4 Å². The van der Waals surface area contributed by atoms with Crippen molar-refractivity contribution in [3.05, 3.63) is 83.9 Å². The number of rotatable bonds is 11. The molecule has 0 aliphatic carbocycles. The highest BCUT2D eigenvalue weighted by atomic mass is 16.2. The van der Waals surface area contributed by atoms with Crippen LogP contribution in [0.15, 0.2) is 72.8 Å². The topological polar surface area (TPSA) is 133 Å². The van der Waals surface area contributed by atoms with Crippen molar-refractivity contribution in [3.63, 3.8) is 0 Å². The summed E-state index contributed by atoms with van der Waals surface area (Å²) in [6, 6.07) is 22.3. The number of carbonyl (C=O) groups is 2. The molecule has 1 atom stereocenters. The smallest absolute Gasteiger partial charge is 0.246 e. The van der Waals surface area contributed by atoms with Crippen LogP contribution in [0, 0.1) is 0 Å². The summed E-state index contributed by atoms with van der Waals surface area (Å²) in [6.07, 6.45) is 1.90. The van der Waals surface area contributed by atoms with Crippen LogP contribution < -0.4 is 26.6 Å². The number of amides is 2. The van der Waals surface area contributed by atoms with Crippen molar-refractivity contribution in [2.24, 2.45) is 0 Å². The van der Waals surface area contributed by atoms with Gasteiger partial charge in [0.25, 0.3) is 0 Å². The summed E-state index contributed by atoms with van der Waals surface area (Å²) in [5, 5.41) is 15.1. The van der Waals surface area contributed by atoms with E-state index in [2.05, 4.69) is 55.4 Å². The van der Waals surface area contributed by atoms with E-state index in [0.29, 0.717) is 23.3 Å². The number of benzene rings is 3. The molecule has 0 saturated heterocycles. The average molecular weight is 539 g/mol. The lowest BCUT2D eigenvalue weighted by atomic mass is 10.1. The van der Waals surface area contributed by atoms with Gasteiger partial charge < -0.3 is 26.6 Å². The Bertz CT molecular complexity index is 1370. The molecule has 0 radical (unpaired) electrons. The number of hydrogen-bond acceptors (Lipinski definition) is 8. The zero-order valence-corrected chi connectivity index (χ0v) is 23.1. The van der Waals surface area contributed by atoms with Crippen LogP contribution in [0.1, 0.15) is 38.8 Å². The van der Waals surface area contributed by atoms with Gasteiger partial charge in [-0.05, 0) is 79.4 Å². The molecule has 2 amide bonds. The second kappa shape index (κ2) is 13.2. The van der Waals surface area contributed by atoms with Crippen LogP contribution >= 0.6 is 0 Å². The summed E-state index contributed by atoms with van der Waals surface area (Å²) in [4.78, 5) is 37.7. The zero-order valence-electron chi connectivity index (χ0n) is 23.1. The maximum Gasteiger partial charge on any atom is 0.246 e. The van der Waals surface area contributed by atoms with E-state index in [9.17, 15) is 9.59 Å². The third-order valence-electron chi connectivity index (χ3n) is 6.08. The van der Waals surface area contributed by atoms with Crippen LogP contribution in [-0.2, 0) is 22.4 Å². The van der Waals surface area contributed by atoms with Crippen molar-refractivity contribution in [3.8, 4) is 0 Å². The molecule has 0 spiro atoms. The van der Waals surface area contributed by atoms with Gasteiger partial charge in [0.1, 0.15) is 6.04 Å². The van der Waals surface area contributed by atoms with Crippen LogP contribution in [0.4, 0.5) is 40.6 Å². The highest BCUT2D eigenvalue weighted by Gasteiger charge is 2.16. The maximum absolute atomic E-state index is 12.9. The molecule has 10 heteroatoms. The fourth-order valence-electron chi connectivity index (χ4n) is 3.81. The van der Waals surface area contributed by atoms with Gasteiger partial charge in [0, 0.05) is 29.7 Å². The minimum absolute atomic E-state index is 0.161. The van der Waals surface area contributed by atoms with E-state index in [1.807, 2.05) is 48.5 Å². The Morgan fingerprint density at radius 1 is 0.625 bits per heavy atom. The van der Waals surface area contributed by atoms with Crippen molar-refractivity contribution < 1.29 is 9.59 Å². The van der Waals surface area contributed by atoms with Gasteiger partial charge in [-0.3, -0.25) is 9.59 Å². The number of nitrogens with zero attached hydrogens (tertiary/aromatic N) is 3. The molecule has 0 unspecified atom stereocenters. The summed E-state index contributed by atoms with van der Waals surface area (Å²) in [6.45, 7) is 7.37. The number of nitrogens with one attached hydrogen (secondary N) is 5. The summed E-state index contributed by atoms with van der Waals surface area (Å²) in [5.74, 6) is 0.456. The molecule has 4 rings (SSSR count). The third-order valence-corrected chi connectivity index (χ3v) is 6.08. The summed E-state index contributed by atoms with van der Waals surface area (Å²) >= 11 is 0. The fraction of sp³-hybridized carbons (Fsp3) is 0.233. The molecule has 0 aliphatic rings. The quantitative estimate of drug-likeness (QED) is 0.160. The van der Waals surface area contributed by atoms with Crippen molar-refractivity contribution in [1.82, 2.24) is 15.0 Å². The Labute approximate surface area is 234 Å². The first-order valence-electron chi connectivity index (χ1n) is 13.2. The molecular weight excluding hydrogens is 504 g/mol. The zero-order chi connectivity index (χ0) is 28.5. The van der Waals surface area contributed by atoms with E-state index in [0.717, 1.165) is 24.2 Å². The van der Waals surface area contributed by atoms with Crippen molar-refractivity contribution in [1.29, 1.82) is 0 Å². The first-order valence-corrected chi connectivity index (χ1v) is 13.2. The first kappa shape index (κ1) is 28.0. The Morgan fingerprint density at radius 3 is 1.45 bits per heavy atom. The highest BCUT2D eigenvalue weighted by Crippen LogP contribution is 2.21. The second-order valence-corrected chi connectivity index (χ2v) is 9.27. The van der Waals surface area contributed by atoms with E-state index >= 15 is 0 Å². The monoisotopic (exact) mass is 538 g/mol. The molecule has 1 heterocycles. The van der Waals surface area contributed by atoms with Gasteiger partial charge >= 0.3 is 0 Å². The molecule has 0 aliphatic heterocycles. The Kier molecular flexibility index (Phi) is 9.24. The first-order chi connectivity index (χ1) is 19.3. The van der Waals surface area contributed by atoms with Gasteiger partial charge in [0.2, 0.25) is 29.7 Å². The lowest BCUT2D eigenvalue weighted by Gasteiger charge is -2.16. The van der Waals surface area contributed by atoms with Gasteiger partial charge in [0.15, 0.2) is 0 Å². The molecule has 40 heavy (non-hydrogen) atoms. The lowest BCUT2D eigenvalue weighted by molar-refractivity contribution is -0.116. The predicted octanol–water partition coefficient (Wildman–Crippen LogP) is 5.88. The van der Waals surface area contributed by atoms with Gasteiger partial charge in [0.05, 0.1) is 0 Å². The van der Waals surface area contributed by atoms with E-state index in [-0.39, 0.29) is 17.8 Å². The van der Waals surface area contributed by atoms with Gasteiger partial charge in [-0.25, -0.2) is 0 Å². The number of hydrogen-bond donors (Lipinski definition) is 5. The molecule has 3 aromatic carbocycles. The maximum atomic E-state index is 12.9. The van der Waals surface area contributed by atoms with Crippen LogP contribution in [0.2, 0.25) is 0 Å². The second-order valence-electron chi connectivity index (χ2n) is 9.27. The molecule has 206 valence electrons. The molecular formula is C30H34N8O2. The number of carbonyl (C=O) groups excluding carboxylic acids is 2. The van der Waals surface area contributed by atoms with Crippen molar-refractivity contribution in [2.75, 3.05) is 26.6 Å². The predicted molar refractivity (Wildman–Crippen MR) is 160 cm³/mol. The standard InChI is InChI=1S/C30H34N8O2/c1-5-21-7-11-25(12-8-21)34-29-36-28(37-30(38-29)35-26-13-9-22(6-2)10-14-26)31-19(3)27(40)33-24-17-15-23(16-18-24)32-20(4)39/h7-19H,5-6H2,1-4H3,(H,32,39)(H,33,40)(H3,31,34,35,36,37,38)/t19-/m1/s1. The third kappa shape index (κ3) is 8.00. The van der Waals surface area contributed by atoms with Crippen LogP contribution in [0.25, 0.3) is 0 Å². The van der Waals surface area contributed by atoms with Gasteiger partial charge in [-0.2, -0.15) is 15.0 Å². The molecule has 10 nitrogen and oxygen atoms in total. The minimum atomic E-state index is -0.661. The van der Waals surface area contributed by atoms with Crippen LogP contribution in [-0.4, -0.2) is 32.8 Å². The van der Waals surface area contributed by atoms with Crippen LogP contribution in [0.3, 0.4) is 0 Å². The Balaban J connectivity index is 1.51. The van der Waals surface area contributed by atoms with Gasteiger partial charge in [-0.1, -0.05) is 38.1 Å². The molecule has 0 saturated carbocycles. The molecule has 5 N–H and O–H groups in total. The van der Waals surface area contributed by atoms with Crippen molar-refractivity contribution in [2.45, 2.75) is 46.6 Å². The molecule has 0 bridgehead atoms. The molecule has 0 fully saturated rings. The van der Waals surface area contributed by atoms with E-state index in [1.54, 1.807) is 31.2 Å². The SMILES string of the molecule is CCc1ccc(Nc2nc(Nc3ccc(CC)cc3)nc(N[C@H](C)C(=O)Nc3ccc(NC(C)=O)cc3)n2)cc1. The van der Waals surface area contributed by atoms with E-state index in [1.165, 1.54) is 18.1 Å². The normalized spacial score (nSPS) is 11.3. The average Bonchev–Trinajstić information content (AvgIpc) is 2.94. The number of anilines is 7. The molecule has 4 aromatic rings. The van der Waals surface area contributed by atoms with Crippen LogP contribution in [0.5, 0.6) is 0 Å². The Hall–Kier alpha value is -4.99. The minimum Gasteiger partial charge on any atom is -0.342 e. The summed E-state index contributed by atoms with van der Waals surface area (Å²) < 4.78 is 0. The van der Waals surface area contributed by atoms with E-state index in [4.69, 9.17) is 0 Å². The largest absolute Gasteiger partial charge is 0.342 e. The van der Waals surface area contributed by atoms with E-state index < -0.39 is 6.04 Å².